The average Bonchev–Trinajstić information content (AvgIpc) is 1.35. The zero-order chi connectivity index (χ0) is 4.99. The lowest BCUT2D eigenvalue weighted by Gasteiger charge is -1.74. The minimum absolute atomic E-state index is 0.00463. The first-order valence-corrected chi connectivity index (χ1v) is 0.878. The van der Waals surface area contributed by atoms with Gasteiger partial charge in [-0.3, -0.25) is 0 Å². The molecule has 0 aliphatic heterocycles. The fourth-order valence-corrected chi connectivity index (χ4v) is 0. The van der Waals surface area contributed by atoms with E-state index >= 15 is 0 Å². The second-order valence-electron chi connectivity index (χ2n) is 0.322. The fraction of sp³-hybridized carbons (Fsp3) is 0. The third-order valence-electron chi connectivity index (χ3n) is 0.0833. The molecule has 0 aromatic heterocycles. The van der Waals surface area contributed by atoms with E-state index in [1.165, 1.54) is 0 Å². The van der Waals surface area contributed by atoms with Gasteiger partial charge in [-0.2, -0.15) is 0 Å². The van der Waals surface area contributed by atoms with E-state index in [4.69, 9.17) is 2.80 Å². The Bertz CT molecular complexity index is 52.8. The molecular formula is C3H5O-. The minimum atomic E-state index is 0.00463. The van der Waals surface area contributed by atoms with Crippen molar-refractivity contribution in [3.8, 4) is 0 Å². The van der Waals surface area contributed by atoms with Crippen molar-refractivity contribution in [1.29, 1.82) is 0 Å². The molecule has 0 unspecified atom stereocenters. The van der Waals surface area contributed by atoms with Gasteiger partial charge in [0.25, 0.3) is 0 Å². The SMILES string of the molecule is [2H]O[CH-]C([2H])=C. The molecule has 1 nitrogen and oxygen atoms in total. The van der Waals surface area contributed by atoms with Crippen molar-refractivity contribution in [2.24, 2.45) is 0 Å². The lowest BCUT2D eigenvalue weighted by molar-refractivity contribution is 0.421. The molecule has 0 saturated heterocycles. The van der Waals surface area contributed by atoms with Crippen LogP contribution in [0.1, 0.15) is 2.80 Å². The molecule has 0 saturated carbocycles. The van der Waals surface area contributed by atoms with E-state index in [9.17, 15) is 0 Å². The van der Waals surface area contributed by atoms with Gasteiger partial charge in [0.2, 0.25) is 0 Å². The molecule has 0 atom stereocenters. The Balaban J connectivity index is 2.83. The van der Waals surface area contributed by atoms with Gasteiger partial charge in [0, 0.05) is 1.37 Å². The van der Waals surface area contributed by atoms with Crippen LogP contribution in [-0.2, 0) is 0 Å². The number of aliphatic hydroxyl groups excluding tert-OH is 1. The number of rotatable bonds is 2. The molecule has 0 rings (SSSR count). The highest BCUT2D eigenvalue weighted by Crippen LogP contribution is 1.57. The molecule has 0 spiro atoms. The molecule has 24 valence electrons. The summed E-state index contributed by atoms with van der Waals surface area (Å²) in [6.45, 7) is 4.04. The molecule has 0 amide bonds. The molecule has 0 bridgehead atoms. The summed E-state index contributed by atoms with van der Waals surface area (Å²) in [5.41, 5.74) is 0. The third kappa shape index (κ3) is 1.57. The highest BCUT2D eigenvalue weighted by atomic mass is 16.2. The molecule has 0 aliphatic carbocycles. The summed E-state index contributed by atoms with van der Waals surface area (Å²) in [5, 5.41) is 3.64. The first-order valence-electron chi connectivity index (χ1n) is 1.79. The first kappa shape index (κ1) is 1.13. The van der Waals surface area contributed by atoms with Crippen LogP contribution in [0.5, 0.6) is 0 Å². The molecule has 1 N–H and O–H groups in total. The first-order chi connectivity index (χ1) is 2.77. The van der Waals surface area contributed by atoms with Crippen molar-refractivity contribution in [3.63, 3.8) is 0 Å². The molecular weight excluding hydrogens is 52.0 g/mol. The van der Waals surface area contributed by atoms with Gasteiger partial charge in [-0.15, -0.1) is 6.61 Å². The van der Waals surface area contributed by atoms with Gasteiger partial charge in [0.05, 0.1) is 0 Å². The lowest BCUT2D eigenvalue weighted by atomic mass is 10.7. The van der Waals surface area contributed by atoms with Gasteiger partial charge in [-0.25, -0.2) is 12.6 Å². The Labute approximate surface area is 28.5 Å². The fourth-order valence-electron chi connectivity index (χ4n) is 0. The van der Waals surface area contributed by atoms with Crippen molar-refractivity contribution < 1.29 is 7.91 Å². The molecule has 0 heterocycles. The van der Waals surface area contributed by atoms with Crippen LogP contribution in [0.2, 0.25) is 0 Å². The van der Waals surface area contributed by atoms with E-state index in [1.807, 2.05) is 0 Å². The maximum absolute atomic E-state index is 6.48. The van der Waals surface area contributed by atoms with Crippen LogP contribution in [0, 0.1) is 6.61 Å². The molecule has 0 radical (unpaired) electrons. The van der Waals surface area contributed by atoms with Gasteiger partial charge in [-0.05, 0) is 0 Å². The van der Waals surface area contributed by atoms with E-state index in [2.05, 4.69) is 11.7 Å². The molecule has 4 heavy (non-hydrogen) atoms. The number of aliphatic hydroxyl groups is 1. The molecule has 0 aromatic rings. The van der Waals surface area contributed by atoms with Crippen molar-refractivity contribution in [3.05, 3.63) is 19.2 Å². The third-order valence-corrected chi connectivity index (χ3v) is 0.0833. The summed E-state index contributed by atoms with van der Waals surface area (Å²) >= 11 is 0. The largest absolute Gasteiger partial charge is 0.458 e. The Morgan fingerprint density at radius 3 is 3.50 bits per heavy atom. The summed E-state index contributed by atoms with van der Waals surface area (Å²) in [7, 11) is 0. The van der Waals surface area contributed by atoms with Crippen LogP contribution < -0.4 is 0 Å². The average molecular weight is 59.1 g/mol. The Hall–Kier alpha value is -0.430. The maximum Gasteiger partial charge on any atom is 0.189 e. The highest BCUT2D eigenvalue weighted by molar-refractivity contribution is 4.73. The number of hydrogen-bond acceptors (Lipinski definition) is 1. The molecule has 0 aromatic carbocycles. The second-order valence-corrected chi connectivity index (χ2v) is 0.322. The van der Waals surface area contributed by atoms with Gasteiger partial charge in [-0.1, -0.05) is 0 Å². The van der Waals surface area contributed by atoms with Crippen LogP contribution in [0.4, 0.5) is 0 Å². The summed E-state index contributed by atoms with van der Waals surface area (Å²) in [6, 6.07) is 0.00463. The topological polar surface area (TPSA) is 20.2 Å². The van der Waals surface area contributed by atoms with Gasteiger partial charge in [0.1, 0.15) is 0 Å². The van der Waals surface area contributed by atoms with Gasteiger partial charge < -0.3 is 5.11 Å². The van der Waals surface area contributed by atoms with Crippen LogP contribution >= 0.6 is 0 Å². The second kappa shape index (κ2) is 2.57. The zero-order valence-electron chi connectivity index (χ0n) is 4.19. The summed E-state index contributed by atoms with van der Waals surface area (Å²) in [5.74, 6) is 0. The van der Waals surface area contributed by atoms with Crippen molar-refractivity contribution in [2.45, 2.75) is 0 Å². The van der Waals surface area contributed by atoms with Crippen molar-refractivity contribution >= 4 is 0 Å². The van der Waals surface area contributed by atoms with E-state index in [0.717, 1.165) is 6.61 Å². The van der Waals surface area contributed by atoms with Crippen LogP contribution in [0.25, 0.3) is 0 Å². The normalized spacial score (nSPS) is 12.0. The predicted octanol–water partition coefficient (Wildman–Crippen LogP) is 0.707. The van der Waals surface area contributed by atoms with Crippen molar-refractivity contribution in [1.82, 2.24) is 0 Å². The minimum Gasteiger partial charge on any atom is -0.458 e. The smallest absolute Gasteiger partial charge is 0.189 e. The molecule has 1 heteroatoms. The molecule has 0 aliphatic rings. The van der Waals surface area contributed by atoms with Gasteiger partial charge >= 0.3 is 0 Å². The standard InChI is InChI=1S/C3H5O/c1-2-3-4/h2-4H,1H2/q-1/i2D,4D. The van der Waals surface area contributed by atoms with E-state index in [1.54, 1.807) is 0 Å². The summed E-state index contributed by atoms with van der Waals surface area (Å²) < 4.78 is 12.5. The monoisotopic (exact) mass is 59.0 g/mol. The summed E-state index contributed by atoms with van der Waals surface area (Å²) in [4.78, 5) is 0. The van der Waals surface area contributed by atoms with E-state index in [-0.39, 0.29) is 6.05 Å². The Kier molecular flexibility index (Phi) is 0.725. The lowest BCUT2D eigenvalue weighted by Crippen LogP contribution is -1.49. The maximum atomic E-state index is 6.48. The molecule has 0 fully saturated rings. The summed E-state index contributed by atoms with van der Waals surface area (Å²) in [6.07, 6.45) is 0. The van der Waals surface area contributed by atoms with Crippen molar-refractivity contribution in [2.75, 3.05) is 0 Å². The Morgan fingerprint density at radius 1 is 2.75 bits per heavy atom. The van der Waals surface area contributed by atoms with Gasteiger partial charge in [0.15, 0.2) is 1.43 Å². The highest BCUT2D eigenvalue weighted by Gasteiger charge is 1.30. The van der Waals surface area contributed by atoms with E-state index in [0.29, 0.717) is 0 Å². The van der Waals surface area contributed by atoms with E-state index < -0.39 is 0 Å². The quantitative estimate of drug-likeness (QED) is 0.464. The van der Waals surface area contributed by atoms with Crippen LogP contribution in [-0.4, -0.2) is 5.11 Å². The predicted molar refractivity (Wildman–Crippen MR) is 16.4 cm³/mol. The number of hydrogen-bond donors (Lipinski definition) is 1. The van der Waals surface area contributed by atoms with Crippen LogP contribution in [0.3, 0.4) is 0 Å². The Morgan fingerprint density at radius 2 is 3.50 bits per heavy atom. The zero-order valence-corrected chi connectivity index (χ0v) is 2.19. The van der Waals surface area contributed by atoms with Crippen LogP contribution in [0.15, 0.2) is 12.6 Å².